The van der Waals surface area contributed by atoms with Crippen molar-refractivity contribution < 1.29 is 0 Å². The monoisotopic (exact) mass is 745 g/mol. The predicted octanol–water partition coefficient (Wildman–Crippen LogP) is 15.6. The molecule has 1 aliphatic carbocycles. The Kier molecular flexibility index (Phi) is 9.38. The molecule has 0 saturated carbocycles. The molecule has 2 aliphatic rings. The summed E-state index contributed by atoms with van der Waals surface area (Å²) in [6.45, 7) is 9.11. The van der Waals surface area contributed by atoms with E-state index < -0.39 is 0 Å². The number of hydrogen-bond donors (Lipinski definition) is 0. The lowest BCUT2D eigenvalue weighted by atomic mass is 9.81. The number of anilines is 2. The summed E-state index contributed by atoms with van der Waals surface area (Å²) in [5.41, 5.74) is 16.2. The van der Waals surface area contributed by atoms with Crippen LogP contribution >= 0.6 is 23.5 Å². The van der Waals surface area contributed by atoms with E-state index in [1.807, 2.05) is 23.5 Å². The molecule has 0 N–H and O–H groups in total. The lowest BCUT2D eigenvalue weighted by Gasteiger charge is -2.28. The van der Waals surface area contributed by atoms with Gasteiger partial charge in [0.2, 0.25) is 0 Å². The summed E-state index contributed by atoms with van der Waals surface area (Å²) >= 11 is 3.84. The van der Waals surface area contributed by atoms with Crippen molar-refractivity contribution in [1.29, 1.82) is 0 Å². The molecule has 0 fully saturated rings. The topological polar surface area (TPSA) is 3.24 Å². The Morgan fingerprint density at radius 1 is 0.545 bits per heavy atom. The van der Waals surface area contributed by atoms with Gasteiger partial charge in [0.05, 0.1) is 0 Å². The fourth-order valence-corrected chi connectivity index (χ4v) is 10.7. The predicted molar refractivity (Wildman–Crippen MR) is 237 cm³/mol. The average Bonchev–Trinajstić information content (AvgIpc) is 3.47. The van der Waals surface area contributed by atoms with Gasteiger partial charge in [0.1, 0.15) is 0 Å². The van der Waals surface area contributed by atoms with E-state index in [4.69, 9.17) is 0 Å². The molecule has 0 aromatic heterocycles. The fourth-order valence-electron chi connectivity index (χ4n) is 8.13. The van der Waals surface area contributed by atoms with E-state index in [0.29, 0.717) is 0 Å². The molecule has 3 heteroatoms. The van der Waals surface area contributed by atoms with E-state index >= 15 is 0 Å². The van der Waals surface area contributed by atoms with Gasteiger partial charge in [0.25, 0.3) is 0 Å². The molecular weight excluding hydrogens is 703 g/mol. The van der Waals surface area contributed by atoms with Gasteiger partial charge in [0, 0.05) is 42.1 Å². The number of rotatable bonds is 8. The van der Waals surface area contributed by atoms with E-state index in [-0.39, 0.29) is 5.41 Å². The van der Waals surface area contributed by atoms with Crippen LogP contribution in [-0.4, -0.2) is 0 Å². The molecule has 0 bridgehead atoms. The van der Waals surface area contributed by atoms with Crippen molar-refractivity contribution >= 4 is 34.9 Å². The van der Waals surface area contributed by atoms with Gasteiger partial charge in [-0.25, -0.2) is 0 Å². The SMILES string of the molecule is C/C=C(\C=C/CC)N(c1ccc(-c2ccc(-c3ccccc3)cc2)cc1)c1ccc(-c2ccc3c(c2)C(C)(C)c2c-3ccc3c2Sc2ccccc2S3)cc1. The summed E-state index contributed by atoms with van der Waals surface area (Å²) in [6, 6.07) is 58.1. The summed E-state index contributed by atoms with van der Waals surface area (Å²) < 4.78 is 0. The Labute approximate surface area is 334 Å². The number of benzene rings is 7. The largest absolute Gasteiger partial charge is 0.311 e. The third-order valence-electron chi connectivity index (χ3n) is 11.0. The first-order valence-corrected chi connectivity index (χ1v) is 20.8. The maximum atomic E-state index is 2.44. The third-order valence-corrected chi connectivity index (χ3v) is 13.6. The highest BCUT2D eigenvalue weighted by Gasteiger charge is 2.39. The van der Waals surface area contributed by atoms with Crippen molar-refractivity contribution in [1.82, 2.24) is 0 Å². The van der Waals surface area contributed by atoms with Crippen LogP contribution < -0.4 is 4.90 Å². The normalized spacial score (nSPS) is 13.9. The van der Waals surface area contributed by atoms with E-state index in [1.54, 1.807) is 0 Å². The lowest BCUT2D eigenvalue weighted by molar-refractivity contribution is 0.642. The van der Waals surface area contributed by atoms with Crippen molar-refractivity contribution in [2.45, 2.75) is 59.1 Å². The van der Waals surface area contributed by atoms with Gasteiger partial charge in [-0.1, -0.05) is 166 Å². The maximum Gasteiger partial charge on any atom is 0.0461 e. The molecule has 0 unspecified atom stereocenters. The summed E-state index contributed by atoms with van der Waals surface area (Å²) in [7, 11) is 0. The van der Waals surface area contributed by atoms with E-state index in [0.717, 1.165) is 23.5 Å². The van der Waals surface area contributed by atoms with E-state index in [2.05, 4.69) is 209 Å². The molecule has 1 heterocycles. The molecule has 7 aromatic carbocycles. The highest BCUT2D eigenvalue weighted by atomic mass is 32.2. The van der Waals surface area contributed by atoms with Crippen LogP contribution in [0.3, 0.4) is 0 Å². The first kappa shape index (κ1) is 35.2. The van der Waals surface area contributed by atoms with Crippen LogP contribution in [0.5, 0.6) is 0 Å². The van der Waals surface area contributed by atoms with E-state index in [1.165, 1.54) is 75.2 Å². The Balaban J connectivity index is 1.01. The molecule has 1 aliphatic heterocycles. The van der Waals surface area contributed by atoms with Crippen molar-refractivity contribution in [2.75, 3.05) is 4.90 Å². The Morgan fingerprint density at radius 3 is 1.65 bits per heavy atom. The van der Waals surface area contributed by atoms with Crippen molar-refractivity contribution in [3.05, 3.63) is 193 Å². The van der Waals surface area contributed by atoms with Crippen LogP contribution in [0.15, 0.2) is 201 Å². The summed E-state index contributed by atoms with van der Waals surface area (Å²) in [5.74, 6) is 0. The van der Waals surface area contributed by atoms with Crippen LogP contribution in [0.1, 0.15) is 45.2 Å². The van der Waals surface area contributed by atoms with Gasteiger partial charge in [-0.3, -0.25) is 0 Å². The van der Waals surface area contributed by atoms with Gasteiger partial charge < -0.3 is 4.90 Å². The van der Waals surface area contributed by atoms with Crippen LogP contribution in [-0.2, 0) is 5.41 Å². The highest BCUT2D eigenvalue weighted by molar-refractivity contribution is 8.05. The Hall–Kier alpha value is -5.48. The van der Waals surface area contributed by atoms with Crippen LogP contribution in [0.2, 0.25) is 0 Å². The van der Waals surface area contributed by atoms with Crippen molar-refractivity contribution in [3.8, 4) is 44.5 Å². The van der Waals surface area contributed by atoms with Crippen molar-refractivity contribution in [2.24, 2.45) is 0 Å². The summed E-state index contributed by atoms with van der Waals surface area (Å²) in [4.78, 5) is 7.84. The minimum absolute atomic E-state index is 0.106. The van der Waals surface area contributed by atoms with Crippen LogP contribution in [0, 0.1) is 0 Å². The number of nitrogens with zero attached hydrogens (tertiary/aromatic N) is 1. The molecule has 0 spiro atoms. The number of allylic oxidation sites excluding steroid dienone is 3. The molecule has 0 radical (unpaired) electrons. The van der Waals surface area contributed by atoms with Gasteiger partial charge in [-0.15, -0.1) is 0 Å². The quantitative estimate of drug-likeness (QED) is 0.143. The standard InChI is InChI=1S/C52H43NS2/c1-5-7-15-41(6-2)53(42-27-22-38(23-28-42)37-20-18-36(19-21-37)35-13-9-8-10-14-35)43-29-24-39(25-30-43)40-26-31-44-45-32-33-49-51(50(45)52(3,4)46(44)34-40)55-48-17-12-11-16-47(48)54-49/h6-34H,5H2,1-4H3/b15-7-,41-6+. The second-order valence-corrected chi connectivity index (χ2v) is 16.9. The maximum absolute atomic E-state index is 2.44. The minimum Gasteiger partial charge on any atom is -0.311 e. The Bertz CT molecular complexity index is 2580. The molecule has 9 rings (SSSR count). The summed E-state index contributed by atoms with van der Waals surface area (Å²) in [6.07, 6.45) is 7.65. The van der Waals surface area contributed by atoms with Crippen LogP contribution in [0.4, 0.5) is 11.4 Å². The van der Waals surface area contributed by atoms with Gasteiger partial charge in [-0.05, 0) is 124 Å². The smallest absolute Gasteiger partial charge is 0.0461 e. The van der Waals surface area contributed by atoms with Crippen molar-refractivity contribution in [3.63, 3.8) is 0 Å². The molecule has 1 nitrogen and oxygen atoms in total. The fraction of sp³-hybridized carbons (Fsp3) is 0.115. The van der Waals surface area contributed by atoms with E-state index in [9.17, 15) is 0 Å². The molecule has 7 aromatic rings. The highest BCUT2D eigenvalue weighted by Crippen LogP contribution is 2.58. The molecule has 0 atom stereocenters. The van der Waals surface area contributed by atoms with Gasteiger partial charge in [-0.2, -0.15) is 0 Å². The minimum atomic E-state index is -0.106. The third kappa shape index (κ3) is 6.46. The zero-order valence-corrected chi connectivity index (χ0v) is 33.3. The molecule has 0 amide bonds. The molecule has 0 saturated heterocycles. The second-order valence-electron chi connectivity index (χ2n) is 14.7. The first-order chi connectivity index (χ1) is 26.9. The lowest BCUT2D eigenvalue weighted by Crippen LogP contribution is -2.17. The molecular formula is C52H43NS2. The zero-order valence-electron chi connectivity index (χ0n) is 31.7. The summed E-state index contributed by atoms with van der Waals surface area (Å²) in [5, 5.41) is 0. The van der Waals surface area contributed by atoms with Gasteiger partial charge >= 0.3 is 0 Å². The van der Waals surface area contributed by atoms with Gasteiger partial charge in [0.15, 0.2) is 0 Å². The first-order valence-electron chi connectivity index (χ1n) is 19.2. The molecule has 55 heavy (non-hydrogen) atoms. The van der Waals surface area contributed by atoms with Crippen LogP contribution in [0.25, 0.3) is 44.5 Å². The zero-order chi connectivity index (χ0) is 37.5. The Morgan fingerprint density at radius 2 is 1.05 bits per heavy atom. The number of hydrogen-bond acceptors (Lipinski definition) is 3. The average molecular weight is 746 g/mol. The number of fused-ring (bicyclic) bond motifs is 6. The molecule has 268 valence electrons. The second kappa shape index (κ2) is 14.6.